The molecular weight excluding hydrogens is 232 g/mol. The number of benzene rings is 1. The molecule has 0 aromatic heterocycles. The van der Waals surface area contributed by atoms with Gasteiger partial charge in [0.15, 0.2) is 0 Å². The Bertz CT molecular complexity index is 554. The number of carbonyl (C=O) groups excluding carboxylic acids is 2. The fourth-order valence-electron chi connectivity index (χ4n) is 2.40. The zero-order chi connectivity index (χ0) is 12.7. The van der Waals surface area contributed by atoms with E-state index in [-0.39, 0.29) is 11.8 Å². The maximum atomic E-state index is 12.1. The van der Waals surface area contributed by atoms with Crippen LogP contribution in [0.2, 0.25) is 0 Å². The smallest absolute Gasteiger partial charge is 0.263 e. The zero-order valence-corrected chi connectivity index (χ0v) is 9.50. The molecule has 2 fully saturated rings. The van der Waals surface area contributed by atoms with Gasteiger partial charge in [0.25, 0.3) is 11.8 Å². The van der Waals surface area contributed by atoms with Gasteiger partial charge in [0.05, 0.1) is 11.3 Å². The summed E-state index contributed by atoms with van der Waals surface area (Å²) in [4.78, 5) is 25.4. The second kappa shape index (κ2) is 3.93. The Balaban J connectivity index is 2.08. The first kappa shape index (κ1) is 10.9. The Morgan fingerprint density at radius 3 is 2.39 bits per heavy atom. The normalized spacial score (nSPS) is 26.3. The third-order valence-electron chi connectivity index (χ3n) is 3.28. The van der Waals surface area contributed by atoms with Gasteiger partial charge in [-0.15, -0.1) is 0 Å². The summed E-state index contributed by atoms with van der Waals surface area (Å²) >= 11 is 0. The minimum Gasteiger partial charge on any atom is -0.355 e. The van der Waals surface area contributed by atoms with Crippen molar-refractivity contribution in [2.75, 3.05) is 4.90 Å². The maximum absolute atomic E-state index is 12.1. The zero-order valence-electron chi connectivity index (χ0n) is 9.50. The predicted molar refractivity (Wildman–Crippen MR) is 61.5 cm³/mol. The van der Waals surface area contributed by atoms with E-state index in [1.54, 1.807) is 24.3 Å². The summed E-state index contributed by atoms with van der Waals surface area (Å²) in [6, 6.07) is 8.60. The van der Waals surface area contributed by atoms with Crippen molar-refractivity contribution in [3.8, 4) is 6.07 Å². The van der Waals surface area contributed by atoms with Crippen LogP contribution in [0.5, 0.6) is 0 Å². The van der Waals surface area contributed by atoms with E-state index in [1.165, 1.54) is 0 Å². The Kier molecular flexibility index (Phi) is 2.39. The highest BCUT2D eigenvalue weighted by Crippen LogP contribution is 2.32. The van der Waals surface area contributed by atoms with Crippen molar-refractivity contribution >= 4 is 17.5 Å². The summed E-state index contributed by atoms with van der Waals surface area (Å²) in [5.41, 5.74) is 0.677. The lowest BCUT2D eigenvalue weighted by molar-refractivity contribution is -0.146. The highest BCUT2D eigenvalue weighted by molar-refractivity contribution is 6.20. The number of morpholine rings is 1. The molecule has 0 radical (unpaired) electrons. The summed E-state index contributed by atoms with van der Waals surface area (Å²) in [7, 11) is 0. The van der Waals surface area contributed by atoms with E-state index in [4.69, 9.17) is 10.00 Å². The summed E-state index contributed by atoms with van der Waals surface area (Å²) in [5.74, 6) is -0.729. The Morgan fingerprint density at radius 2 is 1.78 bits per heavy atom. The van der Waals surface area contributed by atoms with E-state index in [0.29, 0.717) is 24.1 Å². The van der Waals surface area contributed by atoms with Gasteiger partial charge in [-0.25, -0.2) is 4.90 Å². The summed E-state index contributed by atoms with van der Waals surface area (Å²) in [6.07, 6.45) is 0.0554. The number of nitriles is 1. The van der Waals surface area contributed by atoms with Gasteiger partial charge in [-0.1, -0.05) is 12.1 Å². The van der Waals surface area contributed by atoms with Gasteiger partial charge < -0.3 is 4.74 Å². The first-order valence-electron chi connectivity index (χ1n) is 5.75. The second-order valence-electron chi connectivity index (χ2n) is 4.33. The molecule has 2 aliphatic heterocycles. The van der Waals surface area contributed by atoms with Crippen LogP contribution < -0.4 is 4.90 Å². The van der Waals surface area contributed by atoms with E-state index in [9.17, 15) is 9.59 Å². The molecule has 2 heterocycles. The number of fused-ring (bicyclic) bond motifs is 2. The van der Waals surface area contributed by atoms with Crippen molar-refractivity contribution in [1.82, 2.24) is 0 Å². The molecule has 90 valence electrons. The molecule has 0 spiro atoms. The molecule has 0 aliphatic carbocycles. The maximum Gasteiger partial charge on any atom is 0.263 e. The molecule has 2 unspecified atom stereocenters. The molecule has 1 aromatic carbocycles. The number of ether oxygens (including phenoxy) is 1. The fraction of sp³-hybridized carbons (Fsp3) is 0.308. The number of nitrogens with zero attached hydrogens (tertiary/aromatic N) is 2. The lowest BCUT2D eigenvalue weighted by Crippen LogP contribution is -2.52. The van der Waals surface area contributed by atoms with Crippen LogP contribution in [-0.4, -0.2) is 24.0 Å². The SMILES string of the molecule is N#Cc1ccccc1N1C(=O)C2CCC(O2)C1=O. The fourth-order valence-corrected chi connectivity index (χ4v) is 2.40. The van der Waals surface area contributed by atoms with Gasteiger partial charge in [-0.2, -0.15) is 5.26 Å². The van der Waals surface area contributed by atoms with Crippen LogP contribution in [-0.2, 0) is 14.3 Å². The summed E-state index contributed by atoms with van der Waals surface area (Å²) in [6.45, 7) is 0. The number of imide groups is 1. The molecule has 2 aliphatic rings. The highest BCUT2D eigenvalue weighted by atomic mass is 16.5. The monoisotopic (exact) mass is 242 g/mol. The van der Waals surface area contributed by atoms with Crippen molar-refractivity contribution in [1.29, 1.82) is 5.26 Å². The number of anilines is 1. The molecule has 5 nitrogen and oxygen atoms in total. The molecule has 0 N–H and O–H groups in total. The van der Waals surface area contributed by atoms with Gasteiger partial charge >= 0.3 is 0 Å². The van der Waals surface area contributed by atoms with Crippen LogP contribution >= 0.6 is 0 Å². The predicted octanol–water partition coefficient (Wildman–Crippen LogP) is 0.979. The average Bonchev–Trinajstić information content (AvgIpc) is 2.84. The molecule has 0 saturated carbocycles. The first-order chi connectivity index (χ1) is 8.72. The van der Waals surface area contributed by atoms with Crippen LogP contribution in [0.15, 0.2) is 24.3 Å². The van der Waals surface area contributed by atoms with Crippen molar-refractivity contribution in [2.45, 2.75) is 25.0 Å². The molecule has 1 aromatic rings. The Labute approximate surface area is 104 Å². The van der Waals surface area contributed by atoms with Crippen molar-refractivity contribution in [3.05, 3.63) is 29.8 Å². The van der Waals surface area contributed by atoms with Crippen LogP contribution in [0.3, 0.4) is 0 Å². The number of hydrogen-bond donors (Lipinski definition) is 0. The van der Waals surface area contributed by atoms with Gasteiger partial charge in [-0.3, -0.25) is 9.59 Å². The highest BCUT2D eigenvalue weighted by Gasteiger charge is 2.47. The molecule has 3 rings (SSSR count). The number of para-hydroxylation sites is 1. The summed E-state index contributed by atoms with van der Waals surface area (Å²) in [5, 5.41) is 9.04. The molecule has 2 saturated heterocycles. The van der Waals surface area contributed by atoms with Gasteiger partial charge in [-0.05, 0) is 25.0 Å². The van der Waals surface area contributed by atoms with Crippen LogP contribution in [0.1, 0.15) is 18.4 Å². The first-order valence-corrected chi connectivity index (χ1v) is 5.75. The van der Waals surface area contributed by atoms with Crippen LogP contribution in [0.25, 0.3) is 0 Å². The third kappa shape index (κ3) is 1.43. The van der Waals surface area contributed by atoms with E-state index < -0.39 is 12.2 Å². The summed E-state index contributed by atoms with van der Waals surface area (Å²) < 4.78 is 5.32. The van der Waals surface area contributed by atoms with Crippen molar-refractivity contribution in [2.24, 2.45) is 0 Å². The molecular formula is C13H10N2O3. The largest absolute Gasteiger partial charge is 0.355 e. The number of amides is 2. The van der Waals surface area contributed by atoms with Gasteiger partial charge in [0, 0.05) is 0 Å². The van der Waals surface area contributed by atoms with Crippen molar-refractivity contribution < 1.29 is 14.3 Å². The topological polar surface area (TPSA) is 70.4 Å². The Morgan fingerprint density at radius 1 is 1.17 bits per heavy atom. The molecule has 2 bridgehead atoms. The van der Waals surface area contributed by atoms with E-state index in [0.717, 1.165) is 4.90 Å². The van der Waals surface area contributed by atoms with Crippen molar-refractivity contribution in [3.63, 3.8) is 0 Å². The number of hydrogen-bond acceptors (Lipinski definition) is 4. The average molecular weight is 242 g/mol. The molecule has 5 heteroatoms. The van der Waals surface area contributed by atoms with Crippen LogP contribution in [0, 0.1) is 11.3 Å². The molecule has 2 amide bonds. The third-order valence-corrected chi connectivity index (χ3v) is 3.28. The van der Waals surface area contributed by atoms with Gasteiger partial charge in [0.2, 0.25) is 0 Å². The van der Waals surface area contributed by atoms with E-state index in [1.807, 2.05) is 6.07 Å². The second-order valence-corrected chi connectivity index (χ2v) is 4.33. The minimum atomic E-state index is -0.542. The van der Waals surface area contributed by atoms with E-state index >= 15 is 0 Å². The molecule has 18 heavy (non-hydrogen) atoms. The number of carbonyl (C=O) groups is 2. The lowest BCUT2D eigenvalue weighted by atomic mass is 10.1. The quantitative estimate of drug-likeness (QED) is 0.688. The lowest BCUT2D eigenvalue weighted by Gasteiger charge is -2.30. The molecule has 2 atom stereocenters. The minimum absolute atomic E-state index is 0.320. The van der Waals surface area contributed by atoms with E-state index in [2.05, 4.69) is 0 Å². The standard InChI is InChI=1S/C13H10N2O3/c14-7-8-3-1-2-4-9(8)15-12(16)10-5-6-11(18-10)13(15)17/h1-4,10-11H,5-6H2. The number of rotatable bonds is 1. The van der Waals surface area contributed by atoms with Gasteiger partial charge in [0.1, 0.15) is 18.3 Å². The Hall–Kier alpha value is -2.19. The van der Waals surface area contributed by atoms with Crippen LogP contribution in [0.4, 0.5) is 5.69 Å².